The summed E-state index contributed by atoms with van der Waals surface area (Å²) in [6.45, 7) is 0. The van der Waals surface area contributed by atoms with Crippen molar-refractivity contribution < 1.29 is 0 Å². The van der Waals surface area contributed by atoms with Gasteiger partial charge in [0, 0.05) is 26.5 Å². The number of hydrogen-bond donors (Lipinski definition) is 0. The number of halogens is 2. The second-order valence-electron chi connectivity index (χ2n) is 6.58. The highest BCUT2D eigenvalue weighted by Crippen LogP contribution is 2.35. The normalized spacial score (nSPS) is 11.3. The largest absolute Gasteiger partial charge is 0.309 e. The topological polar surface area (TPSA) is 4.93 Å². The molecule has 0 saturated heterocycles. The van der Waals surface area contributed by atoms with Gasteiger partial charge in [0.15, 0.2) is 0 Å². The van der Waals surface area contributed by atoms with Crippen molar-refractivity contribution in [3.05, 3.63) is 101 Å². The van der Waals surface area contributed by atoms with E-state index >= 15 is 0 Å². The van der Waals surface area contributed by atoms with Crippen molar-refractivity contribution in [3.63, 3.8) is 0 Å². The van der Waals surface area contributed by atoms with E-state index in [1.807, 2.05) is 18.2 Å². The molecule has 4 aromatic carbocycles. The van der Waals surface area contributed by atoms with Crippen LogP contribution in [0.3, 0.4) is 0 Å². The summed E-state index contributed by atoms with van der Waals surface area (Å²) in [5, 5.41) is 3.73. The van der Waals surface area contributed by atoms with Gasteiger partial charge < -0.3 is 4.57 Å². The maximum atomic E-state index is 6.21. The van der Waals surface area contributed by atoms with Crippen molar-refractivity contribution in [2.24, 2.45) is 0 Å². The molecule has 130 valence electrons. The zero-order chi connectivity index (χ0) is 18.4. The Balaban J connectivity index is 1.83. The van der Waals surface area contributed by atoms with Crippen molar-refractivity contribution in [3.8, 4) is 16.8 Å². The molecule has 0 aliphatic heterocycles. The van der Waals surface area contributed by atoms with Crippen LogP contribution >= 0.6 is 23.2 Å². The molecule has 0 radical (unpaired) electrons. The summed E-state index contributed by atoms with van der Waals surface area (Å²) in [6, 6.07) is 31.1. The lowest BCUT2D eigenvalue weighted by atomic mass is 10.0. The number of rotatable bonds is 2. The summed E-state index contributed by atoms with van der Waals surface area (Å²) in [6.07, 6.45) is 0. The Hall–Kier alpha value is -2.74. The maximum Gasteiger partial charge on any atom is 0.0541 e. The van der Waals surface area contributed by atoms with E-state index in [1.165, 1.54) is 21.8 Å². The van der Waals surface area contributed by atoms with Gasteiger partial charge in [0.2, 0.25) is 0 Å². The molecule has 1 heterocycles. The van der Waals surface area contributed by atoms with Gasteiger partial charge in [-0.25, -0.2) is 0 Å². The van der Waals surface area contributed by atoms with Crippen LogP contribution in [0.4, 0.5) is 0 Å². The van der Waals surface area contributed by atoms with Crippen molar-refractivity contribution >= 4 is 45.0 Å². The summed E-state index contributed by atoms with van der Waals surface area (Å²) >= 11 is 12.4. The predicted octanol–water partition coefficient (Wildman–Crippen LogP) is 7.76. The monoisotopic (exact) mass is 387 g/mol. The molecule has 0 spiro atoms. The fraction of sp³-hybridized carbons (Fsp3) is 0. The van der Waals surface area contributed by atoms with Crippen LogP contribution in [0.5, 0.6) is 0 Å². The molecule has 0 saturated carbocycles. The Bertz CT molecular complexity index is 1270. The fourth-order valence-electron chi connectivity index (χ4n) is 3.73. The lowest BCUT2D eigenvalue weighted by molar-refractivity contribution is 1.18. The van der Waals surface area contributed by atoms with Gasteiger partial charge in [-0.05, 0) is 59.7 Å². The van der Waals surface area contributed by atoms with Crippen LogP contribution in [-0.4, -0.2) is 4.57 Å². The first-order valence-corrected chi connectivity index (χ1v) is 9.51. The molecule has 27 heavy (non-hydrogen) atoms. The Kier molecular flexibility index (Phi) is 3.93. The number of fused-ring (bicyclic) bond motifs is 3. The fourth-order valence-corrected chi connectivity index (χ4v) is 4.25. The highest BCUT2D eigenvalue weighted by molar-refractivity contribution is 6.35. The second kappa shape index (κ2) is 6.45. The highest BCUT2D eigenvalue weighted by atomic mass is 35.5. The van der Waals surface area contributed by atoms with Crippen LogP contribution in [0.2, 0.25) is 10.0 Å². The molecule has 3 heteroatoms. The first kappa shape index (κ1) is 16.4. The molecule has 0 amide bonds. The quantitative estimate of drug-likeness (QED) is 0.291. The summed E-state index contributed by atoms with van der Waals surface area (Å²) in [7, 11) is 0. The van der Waals surface area contributed by atoms with Gasteiger partial charge in [-0.15, -0.1) is 0 Å². The van der Waals surface area contributed by atoms with Crippen LogP contribution in [-0.2, 0) is 0 Å². The molecule has 0 bridgehead atoms. The molecular weight excluding hydrogens is 373 g/mol. The van der Waals surface area contributed by atoms with Crippen molar-refractivity contribution in [1.82, 2.24) is 4.57 Å². The number of para-hydroxylation sites is 2. The zero-order valence-electron chi connectivity index (χ0n) is 14.4. The average molecular weight is 388 g/mol. The SMILES string of the molecule is Clc1cc(Cl)cc(-c2ccc3c(c2)c2ccccc2n3-c2ccccc2)c1. The molecule has 0 aliphatic rings. The molecule has 5 aromatic rings. The summed E-state index contributed by atoms with van der Waals surface area (Å²) in [5.74, 6) is 0. The van der Waals surface area contributed by atoms with Crippen LogP contribution in [0, 0.1) is 0 Å². The van der Waals surface area contributed by atoms with E-state index in [9.17, 15) is 0 Å². The molecule has 0 unspecified atom stereocenters. The standard InChI is InChI=1S/C24H15Cl2N/c25-18-12-17(13-19(26)15-18)16-10-11-24-22(14-16)21-8-4-5-9-23(21)27(24)20-6-2-1-3-7-20/h1-15H. The third-order valence-electron chi connectivity index (χ3n) is 4.88. The first-order valence-electron chi connectivity index (χ1n) is 8.76. The summed E-state index contributed by atoms with van der Waals surface area (Å²) < 4.78 is 2.30. The van der Waals surface area contributed by atoms with Crippen LogP contribution < -0.4 is 0 Å². The van der Waals surface area contributed by atoms with Crippen molar-refractivity contribution in [1.29, 1.82) is 0 Å². The third-order valence-corrected chi connectivity index (χ3v) is 5.32. The molecule has 0 atom stereocenters. The van der Waals surface area contributed by atoms with Gasteiger partial charge in [-0.1, -0.05) is 65.7 Å². The molecule has 5 rings (SSSR count). The molecular formula is C24H15Cl2N. The van der Waals surface area contributed by atoms with E-state index in [4.69, 9.17) is 23.2 Å². The van der Waals surface area contributed by atoms with Crippen molar-refractivity contribution in [2.45, 2.75) is 0 Å². The Morgan fingerprint density at radius 3 is 1.96 bits per heavy atom. The average Bonchev–Trinajstić information content (AvgIpc) is 3.01. The van der Waals surface area contributed by atoms with E-state index in [0.717, 1.165) is 16.8 Å². The summed E-state index contributed by atoms with van der Waals surface area (Å²) in [5.41, 5.74) is 5.65. The van der Waals surface area contributed by atoms with Crippen LogP contribution in [0.15, 0.2) is 91.0 Å². The number of benzene rings is 4. The minimum Gasteiger partial charge on any atom is -0.309 e. The number of nitrogens with zero attached hydrogens (tertiary/aromatic N) is 1. The second-order valence-corrected chi connectivity index (χ2v) is 7.45. The van der Waals surface area contributed by atoms with Gasteiger partial charge in [-0.3, -0.25) is 0 Å². The molecule has 0 N–H and O–H groups in total. The van der Waals surface area contributed by atoms with E-state index in [0.29, 0.717) is 10.0 Å². The molecule has 0 fully saturated rings. The van der Waals surface area contributed by atoms with E-state index < -0.39 is 0 Å². The van der Waals surface area contributed by atoms with Gasteiger partial charge in [0.25, 0.3) is 0 Å². The number of hydrogen-bond acceptors (Lipinski definition) is 0. The Morgan fingerprint density at radius 1 is 0.519 bits per heavy atom. The Labute approximate surface area is 167 Å². The predicted molar refractivity (Wildman–Crippen MR) is 116 cm³/mol. The molecule has 0 aliphatic carbocycles. The maximum absolute atomic E-state index is 6.21. The highest BCUT2D eigenvalue weighted by Gasteiger charge is 2.13. The minimum atomic E-state index is 0.643. The number of aromatic nitrogens is 1. The lowest BCUT2D eigenvalue weighted by Crippen LogP contribution is -1.92. The zero-order valence-corrected chi connectivity index (χ0v) is 15.9. The van der Waals surface area contributed by atoms with E-state index in [2.05, 4.69) is 71.3 Å². The first-order chi connectivity index (χ1) is 13.2. The van der Waals surface area contributed by atoms with Crippen LogP contribution in [0.1, 0.15) is 0 Å². The smallest absolute Gasteiger partial charge is 0.0541 e. The molecule has 1 nitrogen and oxygen atoms in total. The van der Waals surface area contributed by atoms with Crippen molar-refractivity contribution in [2.75, 3.05) is 0 Å². The Morgan fingerprint density at radius 2 is 1.19 bits per heavy atom. The van der Waals surface area contributed by atoms with Crippen LogP contribution in [0.25, 0.3) is 38.6 Å². The van der Waals surface area contributed by atoms with Gasteiger partial charge in [-0.2, -0.15) is 0 Å². The lowest BCUT2D eigenvalue weighted by Gasteiger charge is -2.08. The van der Waals surface area contributed by atoms with E-state index in [-0.39, 0.29) is 0 Å². The summed E-state index contributed by atoms with van der Waals surface area (Å²) in [4.78, 5) is 0. The third kappa shape index (κ3) is 2.80. The minimum absolute atomic E-state index is 0.643. The van der Waals surface area contributed by atoms with Gasteiger partial charge in [0.1, 0.15) is 0 Å². The van der Waals surface area contributed by atoms with Gasteiger partial charge in [0.05, 0.1) is 11.0 Å². The van der Waals surface area contributed by atoms with E-state index in [1.54, 1.807) is 6.07 Å². The molecule has 1 aromatic heterocycles. The van der Waals surface area contributed by atoms with Gasteiger partial charge >= 0.3 is 0 Å².